The molecule has 4 nitrogen and oxygen atoms in total. The molecule has 1 heterocycles. The Kier molecular flexibility index (Phi) is 6.17. The number of rotatable bonds is 7. The molecular weight excluding hydrogens is 194 g/mol. The minimum atomic E-state index is -0.136. The normalized spacial score (nSPS) is 22.8. The van der Waals surface area contributed by atoms with Gasteiger partial charge in [0.25, 0.3) is 0 Å². The fourth-order valence-corrected chi connectivity index (χ4v) is 1.89. The van der Waals surface area contributed by atoms with Gasteiger partial charge in [-0.15, -0.1) is 0 Å². The van der Waals surface area contributed by atoms with Crippen molar-refractivity contribution < 1.29 is 14.6 Å². The zero-order valence-electron chi connectivity index (χ0n) is 9.82. The molecular formula is C11H23NO3. The van der Waals surface area contributed by atoms with Gasteiger partial charge in [0, 0.05) is 39.3 Å². The molecule has 0 aromatic rings. The van der Waals surface area contributed by atoms with Gasteiger partial charge in [-0.05, 0) is 20.3 Å². The van der Waals surface area contributed by atoms with Gasteiger partial charge in [0.2, 0.25) is 0 Å². The third kappa shape index (κ3) is 4.93. The van der Waals surface area contributed by atoms with Gasteiger partial charge >= 0.3 is 0 Å². The number of hydrogen-bond donors (Lipinski definition) is 1. The Morgan fingerprint density at radius 3 is 2.47 bits per heavy atom. The first-order valence-electron chi connectivity index (χ1n) is 5.89. The van der Waals surface area contributed by atoms with Crippen LogP contribution in [0.1, 0.15) is 26.7 Å². The molecule has 1 N–H and O–H groups in total. The lowest BCUT2D eigenvalue weighted by Crippen LogP contribution is -2.28. The number of hydrogen-bond acceptors (Lipinski definition) is 4. The molecule has 0 saturated carbocycles. The molecule has 0 amide bonds. The van der Waals surface area contributed by atoms with Crippen LogP contribution in [0.15, 0.2) is 0 Å². The van der Waals surface area contributed by atoms with Gasteiger partial charge < -0.3 is 19.5 Å². The third-order valence-corrected chi connectivity index (χ3v) is 2.63. The maximum absolute atomic E-state index is 9.37. The minimum absolute atomic E-state index is 0.0854. The Morgan fingerprint density at radius 2 is 2.00 bits per heavy atom. The molecule has 15 heavy (non-hydrogen) atoms. The van der Waals surface area contributed by atoms with Crippen LogP contribution < -0.4 is 0 Å². The maximum atomic E-state index is 9.37. The van der Waals surface area contributed by atoms with Crippen LogP contribution in [0.4, 0.5) is 0 Å². The van der Waals surface area contributed by atoms with Crippen LogP contribution in [0.25, 0.3) is 0 Å². The number of nitrogens with zero attached hydrogens (tertiary/aromatic N) is 1. The summed E-state index contributed by atoms with van der Waals surface area (Å²) in [6.45, 7) is 8.07. The summed E-state index contributed by atoms with van der Waals surface area (Å²) in [5, 5.41) is 9.37. The fraction of sp³-hybridized carbons (Fsp3) is 1.00. The van der Waals surface area contributed by atoms with Crippen molar-refractivity contribution in [2.24, 2.45) is 0 Å². The molecule has 0 unspecified atom stereocenters. The lowest BCUT2D eigenvalue weighted by Gasteiger charge is -2.20. The summed E-state index contributed by atoms with van der Waals surface area (Å²) in [5.74, 6) is 0. The second-order valence-electron chi connectivity index (χ2n) is 3.87. The highest BCUT2D eigenvalue weighted by Gasteiger charge is 2.20. The molecule has 1 aliphatic rings. The van der Waals surface area contributed by atoms with E-state index < -0.39 is 0 Å². The molecule has 0 spiro atoms. The molecule has 0 bridgehead atoms. The van der Waals surface area contributed by atoms with E-state index in [2.05, 4.69) is 4.90 Å². The van der Waals surface area contributed by atoms with Crippen LogP contribution in [0.5, 0.6) is 0 Å². The van der Waals surface area contributed by atoms with Gasteiger partial charge in [-0.1, -0.05) is 0 Å². The molecule has 0 aromatic carbocycles. The van der Waals surface area contributed by atoms with E-state index in [0.29, 0.717) is 13.2 Å². The molecule has 0 aromatic heterocycles. The molecule has 1 aliphatic heterocycles. The highest BCUT2D eigenvalue weighted by molar-refractivity contribution is 4.74. The zero-order valence-corrected chi connectivity index (χ0v) is 9.82. The maximum Gasteiger partial charge on any atom is 0.158 e. The third-order valence-electron chi connectivity index (χ3n) is 2.63. The second-order valence-corrected chi connectivity index (χ2v) is 3.87. The Balaban J connectivity index is 2.15. The summed E-state index contributed by atoms with van der Waals surface area (Å²) in [5.41, 5.74) is 0. The Labute approximate surface area is 92.2 Å². The van der Waals surface area contributed by atoms with Gasteiger partial charge in [0.05, 0.1) is 6.10 Å². The van der Waals surface area contributed by atoms with Crippen molar-refractivity contribution in [2.75, 3.05) is 32.8 Å². The fourth-order valence-electron chi connectivity index (χ4n) is 1.89. The van der Waals surface area contributed by atoms with Crippen LogP contribution in [-0.2, 0) is 9.47 Å². The van der Waals surface area contributed by atoms with Crippen molar-refractivity contribution in [3.63, 3.8) is 0 Å². The first-order chi connectivity index (χ1) is 7.26. The average molecular weight is 217 g/mol. The van der Waals surface area contributed by atoms with Crippen molar-refractivity contribution >= 4 is 0 Å². The molecule has 1 rings (SSSR count). The molecule has 0 aliphatic carbocycles. The molecule has 1 saturated heterocycles. The van der Waals surface area contributed by atoms with Crippen LogP contribution in [0, 0.1) is 0 Å². The van der Waals surface area contributed by atoms with Crippen LogP contribution >= 0.6 is 0 Å². The molecule has 4 heteroatoms. The van der Waals surface area contributed by atoms with Gasteiger partial charge in [-0.3, -0.25) is 0 Å². The second kappa shape index (κ2) is 7.17. The Bertz CT molecular complexity index is 160. The highest BCUT2D eigenvalue weighted by atomic mass is 16.7. The largest absolute Gasteiger partial charge is 0.392 e. The van der Waals surface area contributed by atoms with E-state index in [0.717, 1.165) is 32.5 Å². The summed E-state index contributed by atoms with van der Waals surface area (Å²) >= 11 is 0. The number of β-amino-alcohol motifs (C(OH)–C–C–N with tert-alkyl or cyclic N) is 1. The van der Waals surface area contributed by atoms with Crippen LogP contribution in [0.3, 0.4) is 0 Å². The van der Waals surface area contributed by atoms with Crippen molar-refractivity contribution in [1.29, 1.82) is 0 Å². The minimum Gasteiger partial charge on any atom is -0.392 e. The summed E-state index contributed by atoms with van der Waals surface area (Å²) in [6, 6.07) is 0. The molecule has 90 valence electrons. The summed E-state index contributed by atoms with van der Waals surface area (Å²) in [6.07, 6.45) is 1.56. The highest BCUT2D eigenvalue weighted by Crippen LogP contribution is 2.11. The summed E-state index contributed by atoms with van der Waals surface area (Å²) in [7, 11) is 0. The molecule has 0 radical (unpaired) electrons. The quantitative estimate of drug-likeness (QED) is 0.642. The Morgan fingerprint density at radius 1 is 1.33 bits per heavy atom. The lowest BCUT2D eigenvalue weighted by atomic mass is 10.3. The van der Waals surface area contributed by atoms with Crippen molar-refractivity contribution in [1.82, 2.24) is 4.90 Å². The number of ether oxygens (including phenoxy) is 2. The standard InChI is InChI=1S/C11H23NO3/c1-3-14-11(15-4-2)6-8-12-7-5-10(13)9-12/h10-11,13H,3-9H2,1-2H3/t10-/m0/s1. The van der Waals surface area contributed by atoms with E-state index >= 15 is 0 Å². The lowest BCUT2D eigenvalue weighted by molar-refractivity contribution is -0.141. The van der Waals surface area contributed by atoms with E-state index in [4.69, 9.17) is 9.47 Å². The van der Waals surface area contributed by atoms with E-state index in [1.807, 2.05) is 13.8 Å². The first kappa shape index (κ1) is 12.9. The van der Waals surface area contributed by atoms with Gasteiger partial charge in [0.15, 0.2) is 6.29 Å². The summed E-state index contributed by atoms with van der Waals surface area (Å²) in [4.78, 5) is 2.26. The monoisotopic (exact) mass is 217 g/mol. The van der Waals surface area contributed by atoms with Gasteiger partial charge in [-0.25, -0.2) is 0 Å². The zero-order chi connectivity index (χ0) is 11.1. The average Bonchev–Trinajstić information content (AvgIpc) is 2.61. The van der Waals surface area contributed by atoms with E-state index in [1.165, 1.54) is 0 Å². The van der Waals surface area contributed by atoms with Crippen molar-refractivity contribution in [3.8, 4) is 0 Å². The van der Waals surface area contributed by atoms with E-state index in [1.54, 1.807) is 0 Å². The van der Waals surface area contributed by atoms with Crippen LogP contribution in [0.2, 0.25) is 0 Å². The van der Waals surface area contributed by atoms with E-state index in [9.17, 15) is 5.11 Å². The predicted molar refractivity (Wildman–Crippen MR) is 58.7 cm³/mol. The topological polar surface area (TPSA) is 41.9 Å². The predicted octanol–water partition coefficient (Wildman–Crippen LogP) is 0.842. The summed E-state index contributed by atoms with van der Waals surface area (Å²) < 4.78 is 10.9. The number of likely N-dealkylation sites (tertiary alicyclic amines) is 1. The van der Waals surface area contributed by atoms with Crippen molar-refractivity contribution in [2.45, 2.75) is 39.1 Å². The SMILES string of the molecule is CCOC(CCN1CC[C@H](O)C1)OCC. The molecule has 1 fully saturated rings. The van der Waals surface area contributed by atoms with E-state index in [-0.39, 0.29) is 12.4 Å². The number of aliphatic hydroxyl groups is 1. The number of aliphatic hydroxyl groups excluding tert-OH is 1. The van der Waals surface area contributed by atoms with Gasteiger partial charge in [0.1, 0.15) is 0 Å². The van der Waals surface area contributed by atoms with Crippen LogP contribution in [-0.4, -0.2) is 55.2 Å². The van der Waals surface area contributed by atoms with Crippen molar-refractivity contribution in [3.05, 3.63) is 0 Å². The smallest absolute Gasteiger partial charge is 0.158 e. The Hall–Kier alpha value is -0.160. The van der Waals surface area contributed by atoms with Gasteiger partial charge in [-0.2, -0.15) is 0 Å². The molecule has 1 atom stereocenters. The first-order valence-corrected chi connectivity index (χ1v) is 5.89.